The summed E-state index contributed by atoms with van der Waals surface area (Å²) in [5.41, 5.74) is 0. The van der Waals surface area contributed by atoms with E-state index in [1.807, 2.05) is 0 Å². The Hall–Kier alpha value is -0.603. The maximum absolute atomic E-state index is 2.55. The van der Waals surface area contributed by atoms with E-state index in [0.29, 0.717) is 0 Å². The van der Waals surface area contributed by atoms with Gasteiger partial charge in [-0.3, -0.25) is 0 Å². The lowest BCUT2D eigenvalue weighted by atomic mass is 10.4. The summed E-state index contributed by atoms with van der Waals surface area (Å²) in [7, 11) is -0.718. The van der Waals surface area contributed by atoms with Gasteiger partial charge in [0.05, 0.1) is 8.80 Å². The van der Waals surface area contributed by atoms with E-state index in [2.05, 4.69) is 56.0 Å². The van der Waals surface area contributed by atoms with E-state index in [1.54, 1.807) is 5.19 Å². The Morgan fingerprint density at radius 1 is 0.941 bits per heavy atom. The zero-order chi connectivity index (χ0) is 12.5. The van der Waals surface area contributed by atoms with Crippen molar-refractivity contribution in [1.29, 1.82) is 0 Å². The third-order valence-electron chi connectivity index (χ3n) is 3.60. The molecule has 0 aromatic heterocycles. The molecule has 0 aliphatic heterocycles. The molecule has 0 amide bonds. The van der Waals surface area contributed by atoms with Crippen molar-refractivity contribution in [1.82, 2.24) is 4.90 Å². The molecule has 0 radical (unpaired) electrons. The number of rotatable bonds is 8. The fourth-order valence-corrected chi connectivity index (χ4v) is 5.53. The van der Waals surface area contributed by atoms with Gasteiger partial charge in [-0.1, -0.05) is 68.8 Å². The molecule has 1 aromatic carbocycles. The van der Waals surface area contributed by atoms with Crippen LogP contribution in [-0.2, 0) is 0 Å². The van der Waals surface area contributed by atoms with Crippen LogP contribution in [0.1, 0.15) is 27.2 Å². The number of nitrogens with zero attached hydrogens (tertiary/aromatic N) is 1. The molecule has 0 saturated carbocycles. The van der Waals surface area contributed by atoms with Crippen molar-refractivity contribution in [2.24, 2.45) is 0 Å². The Balaban J connectivity index is 2.55. The summed E-state index contributed by atoms with van der Waals surface area (Å²) in [6.45, 7) is 10.5. The van der Waals surface area contributed by atoms with E-state index in [9.17, 15) is 0 Å². The SMILES string of the molecule is CCC[SiH](CCN(CC)CC)c1ccccc1. The number of hydrogen-bond acceptors (Lipinski definition) is 1. The van der Waals surface area contributed by atoms with E-state index in [1.165, 1.54) is 38.1 Å². The summed E-state index contributed by atoms with van der Waals surface area (Å²) < 4.78 is 0. The molecule has 17 heavy (non-hydrogen) atoms. The first-order valence-electron chi connectivity index (χ1n) is 7.09. The summed E-state index contributed by atoms with van der Waals surface area (Å²) in [5.74, 6) is 0. The Morgan fingerprint density at radius 2 is 1.59 bits per heavy atom. The molecule has 0 aliphatic rings. The zero-order valence-corrected chi connectivity index (χ0v) is 12.8. The molecule has 1 nitrogen and oxygen atoms in total. The molecule has 0 saturated heterocycles. The van der Waals surface area contributed by atoms with Crippen molar-refractivity contribution in [2.75, 3.05) is 19.6 Å². The van der Waals surface area contributed by atoms with Gasteiger partial charge in [-0.2, -0.15) is 0 Å². The number of hydrogen-bond donors (Lipinski definition) is 0. The van der Waals surface area contributed by atoms with E-state index in [0.717, 1.165) is 0 Å². The molecule has 0 heterocycles. The summed E-state index contributed by atoms with van der Waals surface area (Å²) in [4.78, 5) is 2.55. The van der Waals surface area contributed by atoms with E-state index in [4.69, 9.17) is 0 Å². The molecule has 0 bridgehead atoms. The lowest BCUT2D eigenvalue weighted by Gasteiger charge is -2.22. The normalized spacial score (nSPS) is 12.9. The van der Waals surface area contributed by atoms with Crippen LogP contribution in [0.15, 0.2) is 30.3 Å². The first-order valence-corrected chi connectivity index (χ1v) is 9.30. The van der Waals surface area contributed by atoms with Crippen LogP contribution in [0.25, 0.3) is 0 Å². The van der Waals surface area contributed by atoms with Crippen LogP contribution in [0.3, 0.4) is 0 Å². The summed E-state index contributed by atoms with van der Waals surface area (Å²) >= 11 is 0. The Kier molecular flexibility index (Phi) is 7.21. The van der Waals surface area contributed by atoms with Gasteiger partial charge in [-0.15, -0.1) is 0 Å². The summed E-state index contributed by atoms with van der Waals surface area (Å²) in [5, 5.41) is 1.65. The van der Waals surface area contributed by atoms with Crippen molar-refractivity contribution >= 4 is 14.0 Å². The topological polar surface area (TPSA) is 3.24 Å². The second kappa shape index (κ2) is 8.48. The minimum absolute atomic E-state index is 0.718. The van der Waals surface area contributed by atoms with Crippen molar-refractivity contribution in [3.05, 3.63) is 30.3 Å². The third kappa shape index (κ3) is 5.05. The smallest absolute Gasteiger partial charge is 0.0720 e. The van der Waals surface area contributed by atoms with Gasteiger partial charge in [-0.05, 0) is 25.7 Å². The fraction of sp³-hybridized carbons (Fsp3) is 0.600. The highest BCUT2D eigenvalue weighted by atomic mass is 28.3. The monoisotopic (exact) mass is 249 g/mol. The molecular weight excluding hydrogens is 222 g/mol. The summed E-state index contributed by atoms with van der Waals surface area (Å²) in [6, 6.07) is 14.1. The highest BCUT2D eigenvalue weighted by molar-refractivity contribution is 6.73. The van der Waals surface area contributed by atoms with Crippen molar-refractivity contribution in [3.8, 4) is 0 Å². The van der Waals surface area contributed by atoms with Crippen LogP contribution in [0.5, 0.6) is 0 Å². The maximum Gasteiger partial charge on any atom is 0.0720 e. The Labute approximate surface area is 108 Å². The molecule has 0 aliphatic carbocycles. The van der Waals surface area contributed by atoms with E-state index in [-0.39, 0.29) is 0 Å². The second-order valence-corrected chi connectivity index (χ2v) is 7.93. The van der Waals surface area contributed by atoms with Gasteiger partial charge in [0.2, 0.25) is 0 Å². The van der Waals surface area contributed by atoms with Gasteiger partial charge in [0.15, 0.2) is 0 Å². The van der Waals surface area contributed by atoms with Gasteiger partial charge in [0.1, 0.15) is 0 Å². The zero-order valence-electron chi connectivity index (χ0n) is 11.7. The molecule has 1 rings (SSSR count). The maximum atomic E-state index is 2.55. The first-order chi connectivity index (χ1) is 8.31. The highest BCUT2D eigenvalue weighted by Gasteiger charge is 2.13. The predicted octanol–water partition coefficient (Wildman–Crippen LogP) is 2.87. The molecule has 1 aromatic rings. The molecule has 1 unspecified atom stereocenters. The Morgan fingerprint density at radius 3 is 2.12 bits per heavy atom. The quantitative estimate of drug-likeness (QED) is 0.640. The largest absolute Gasteiger partial charge is 0.304 e. The van der Waals surface area contributed by atoms with Crippen LogP contribution in [0, 0.1) is 0 Å². The van der Waals surface area contributed by atoms with Gasteiger partial charge in [-0.25, -0.2) is 0 Å². The molecule has 1 atom stereocenters. The first kappa shape index (κ1) is 14.5. The summed E-state index contributed by atoms with van der Waals surface area (Å²) in [6.07, 6.45) is 1.34. The van der Waals surface area contributed by atoms with Gasteiger partial charge in [0.25, 0.3) is 0 Å². The van der Waals surface area contributed by atoms with Gasteiger partial charge in [0, 0.05) is 0 Å². The van der Waals surface area contributed by atoms with Crippen LogP contribution in [0.2, 0.25) is 12.1 Å². The van der Waals surface area contributed by atoms with Gasteiger partial charge >= 0.3 is 0 Å². The van der Waals surface area contributed by atoms with Crippen molar-refractivity contribution in [2.45, 2.75) is 39.3 Å². The van der Waals surface area contributed by atoms with Crippen LogP contribution in [0.4, 0.5) is 0 Å². The highest BCUT2D eigenvalue weighted by Crippen LogP contribution is 2.06. The van der Waals surface area contributed by atoms with Crippen LogP contribution >= 0.6 is 0 Å². The molecule has 0 fully saturated rings. The van der Waals surface area contributed by atoms with Crippen molar-refractivity contribution in [3.63, 3.8) is 0 Å². The molecule has 0 spiro atoms. The van der Waals surface area contributed by atoms with E-state index >= 15 is 0 Å². The Bertz CT molecular complexity index is 282. The second-order valence-electron chi connectivity index (χ2n) is 4.71. The lowest BCUT2D eigenvalue weighted by Crippen LogP contribution is -2.34. The predicted molar refractivity (Wildman–Crippen MR) is 80.9 cm³/mol. The van der Waals surface area contributed by atoms with Crippen molar-refractivity contribution < 1.29 is 0 Å². The van der Waals surface area contributed by atoms with Gasteiger partial charge < -0.3 is 4.90 Å². The average molecular weight is 249 g/mol. The standard InChI is InChI=1S/C15H27NSi/c1-4-13-17(14-12-16(5-2)6-3)15-10-8-7-9-11-15/h7-11,17H,4-6,12-14H2,1-3H3. The lowest BCUT2D eigenvalue weighted by molar-refractivity contribution is 0.320. The third-order valence-corrected chi connectivity index (χ3v) is 7.15. The fourth-order valence-electron chi connectivity index (χ4n) is 2.43. The average Bonchev–Trinajstić information content (AvgIpc) is 2.39. The molecule has 96 valence electrons. The minimum Gasteiger partial charge on any atom is -0.304 e. The van der Waals surface area contributed by atoms with Crippen LogP contribution in [-0.4, -0.2) is 33.3 Å². The molecular formula is C15H27NSi. The van der Waals surface area contributed by atoms with Crippen LogP contribution < -0.4 is 5.19 Å². The molecule has 0 N–H and O–H groups in total. The minimum atomic E-state index is -0.718. The number of benzene rings is 1. The molecule has 2 heteroatoms. The van der Waals surface area contributed by atoms with E-state index < -0.39 is 8.80 Å².